The number of methoxy groups -OCH3 is 1. The van der Waals surface area contributed by atoms with Crippen LogP contribution in [-0.2, 0) is 4.74 Å². The maximum atomic E-state index is 13.1. The summed E-state index contributed by atoms with van der Waals surface area (Å²) in [6, 6.07) is 14.7. The second-order valence-corrected chi connectivity index (χ2v) is 7.20. The molecule has 1 N–H and O–H groups in total. The molecule has 7 heteroatoms. The molecule has 1 amide bonds. The minimum atomic E-state index is -0.267. The smallest absolute Gasteiger partial charge is 0.256 e. The molecule has 1 aromatic heterocycles. The summed E-state index contributed by atoms with van der Waals surface area (Å²) in [4.78, 5) is 17.7. The number of ether oxygens (including phenoxy) is 3. The molecule has 0 radical (unpaired) electrons. The summed E-state index contributed by atoms with van der Waals surface area (Å²) >= 11 is 0. The molecule has 2 aromatic carbocycles. The monoisotopic (exact) mass is 422 g/mol. The van der Waals surface area contributed by atoms with Crippen LogP contribution in [-0.4, -0.2) is 38.9 Å². The first kappa shape index (κ1) is 20.9. The second-order valence-electron chi connectivity index (χ2n) is 7.20. The van der Waals surface area contributed by atoms with Gasteiger partial charge in [0.25, 0.3) is 5.91 Å². The van der Waals surface area contributed by atoms with Gasteiger partial charge in [0, 0.05) is 18.5 Å². The van der Waals surface area contributed by atoms with Crippen molar-refractivity contribution in [3.05, 3.63) is 59.6 Å². The molecule has 0 bridgehead atoms. The third-order valence-corrected chi connectivity index (χ3v) is 5.10. The Labute approximate surface area is 180 Å². The lowest BCUT2D eigenvalue weighted by Crippen LogP contribution is -2.34. The van der Waals surface area contributed by atoms with Crippen LogP contribution in [0.5, 0.6) is 11.5 Å². The first-order valence-corrected chi connectivity index (χ1v) is 10.5. The zero-order valence-corrected chi connectivity index (χ0v) is 17.7. The molecule has 1 fully saturated rings. The third kappa shape index (κ3) is 4.72. The normalized spacial score (nSPS) is 16.5. The SMILES string of the molecule is CCOc1ccccc1N=c1oc2c(OC)cccc2cc1C(=O)NCC1CCCO1. The van der Waals surface area contributed by atoms with Gasteiger partial charge in [0.15, 0.2) is 11.3 Å². The molecule has 162 valence electrons. The van der Waals surface area contributed by atoms with Crippen molar-refractivity contribution in [3.8, 4) is 11.5 Å². The number of carbonyl (C=O) groups excluding carboxylic acids is 1. The highest BCUT2D eigenvalue weighted by atomic mass is 16.5. The lowest BCUT2D eigenvalue weighted by atomic mass is 10.1. The fraction of sp³-hybridized carbons (Fsp3) is 0.333. The lowest BCUT2D eigenvalue weighted by Gasteiger charge is -2.12. The van der Waals surface area contributed by atoms with Crippen LogP contribution in [0.2, 0.25) is 0 Å². The Hall–Kier alpha value is -3.32. The Bertz CT molecular complexity index is 1130. The summed E-state index contributed by atoms with van der Waals surface area (Å²) in [7, 11) is 1.58. The van der Waals surface area contributed by atoms with Crippen LogP contribution < -0.4 is 20.3 Å². The summed E-state index contributed by atoms with van der Waals surface area (Å²) < 4.78 is 22.8. The van der Waals surface area contributed by atoms with Crippen molar-refractivity contribution in [2.24, 2.45) is 4.99 Å². The standard InChI is InChI=1S/C24H26N2O5/c1-3-29-20-11-5-4-10-19(20)26-24-18(23(27)25-15-17-9-7-13-30-17)14-16-8-6-12-21(28-2)22(16)31-24/h4-6,8,10-12,14,17H,3,7,9,13,15H2,1-2H3,(H,25,27). The lowest BCUT2D eigenvalue weighted by molar-refractivity contribution is 0.0854. The van der Waals surface area contributed by atoms with Crippen LogP contribution in [0.15, 0.2) is 57.9 Å². The first-order chi connectivity index (χ1) is 15.2. The van der Waals surface area contributed by atoms with Gasteiger partial charge < -0.3 is 23.9 Å². The minimum absolute atomic E-state index is 0.0421. The van der Waals surface area contributed by atoms with Gasteiger partial charge in [-0.25, -0.2) is 4.99 Å². The average molecular weight is 422 g/mol. The molecular weight excluding hydrogens is 396 g/mol. The quantitative estimate of drug-likeness (QED) is 0.623. The van der Waals surface area contributed by atoms with Crippen molar-refractivity contribution in [1.82, 2.24) is 5.32 Å². The number of rotatable bonds is 7. The van der Waals surface area contributed by atoms with Gasteiger partial charge in [-0.15, -0.1) is 0 Å². The van der Waals surface area contributed by atoms with Gasteiger partial charge in [-0.2, -0.15) is 0 Å². The van der Waals surface area contributed by atoms with Gasteiger partial charge in [0.2, 0.25) is 5.55 Å². The third-order valence-electron chi connectivity index (χ3n) is 5.10. The van der Waals surface area contributed by atoms with E-state index in [1.165, 1.54) is 0 Å². The molecule has 1 unspecified atom stereocenters. The molecule has 0 saturated carbocycles. The Morgan fingerprint density at radius 2 is 2.03 bits per heavy atom. The molecule has 1 saturated heterocycles. The predicted molar refractivity (Wildman–Crippen MR) is 117 cm³/mol. The largest absolute Gasteiger partial charge is 0.493 e. The zero-order chi connectivity index (χ0) is 21.6. The summed E-state index contributed by atoms with van der Waals surface area (Å²) in [5.74, 6) is 0.918. The van der Waals surface area contributed by atoms with Crippen molar-refractivity contribution in [3.63, 3.8) is 0 Å². The number of nitrogens with one attached hydrogen (secondary N) is 1. The van der Waals surface area contributed by atoms with Gasteiger partial charge in [-0.1, -0.05) is 24.3 Å². The first-order valence-electron chi connectivity index (χ1n) is 10.5. The molecule has 7 nitrogen and oxygen atoms in total. The number of benzene rings is 2. The maximum Gasteiger partial charge on any atom is 0.256 e. The second kappa shape index (κ2) is 9.66. The summed E-state index contributed by atoms with van der Waals surface area (Å²) in [6.07, 6.45) is 2.00. The van der Waals surface area contributed by atoms with Gasteiger partial charge >= 0.3 is 0 Å². The van der Waals surface area contributed by atoms with Gasteiger partial charge in [0.05, 0.1) is 19.8 Å². The van der Waals surface area contributed by atoms with E-state index < -0.39 is 0 Å². The van der Waals surface area contributed by atoms with Gasteiger partial charge in [0.1, 0.15) is 17.0 Å². The molecule has 1 aliphatic heterocycles. The van der Waals surface area contributed by atoms with Crippen molar-refractivity contribution in [2.75, 3.05) is 26.9 Å². The fourth-order valence-electron chi connectivity index (χ4n) is 3.57. The highest BCUT2D eigenvalue weighted by Gasteiger charge is 2.19. The number of amides is 1. The summed E-state index contributed by atoms with van der Waals surface area (Å²) in [6.45, 7) is 3.60. The van der Waals surface area contributed by atoms with Crippen molar-refractivity contribution in [1.29, 1.82) is 0 Å². The fourth-order valence-corrected chi connectivity index (χ4v) is 3.57. The van der Waals surface area contributed by atoms with Gasteiger partial charge in [-0.05, 0) is 44.0 Å². The van der Waals surface area contributed by atoms with Crippen LogP contribution in [0.4, 0.5) is 5.69 Å². The van der Waals surface area contributed by atoms with Crippen LogP contribution in [0, 0.1) is 0 Å². The van der Waals surface area contributed by atoms with Crippen molar-refractivity contribution >= 4 is 22.6 Å². The van der Waals surface area contributed by atoms with Crippen molar-refractivity contribution < 1.29 is 23.4 Å². The topological polar surface area (TPSA) is 82.3 Å². The van der Waals surface area contributed by atoms with E-state index in [0.717, 1.165) is 24.8 Å². The van der Waals surface area contributed by atoms with E-state index in [0.29, 0.717) is 41.5 Å². The maximum absolute atomic E-state index is 13.1. The summed E-state index contributed by atoms with van der Waals surface area (Å²) in [5, 5.41) is 3.70. The van der Waals surface area contributed by atoms with Crippen LogP contribution >= 0.6 is 0 Å². The molecular formula is C24H26N2O5. The molecule has 1 atom stereocenters. The van der Waals surface area contributed by atoms with Gasteiger partial charge in [-0.3, -0.25) is 4.79 Å². The highest BCUT2D eigenvalue weighted by molar-refractivity contribution is 5.97. The number of fused-ring (bicyclic) bond motifs is 1. The van der Waals surface area contributed by atoms with E-state index in [1.54, 1.807) is 19.2 Å². The Balaban J connectivity index is 1.81. The average Bonchev–Trinajstić information content (AvgIpc) is 3.32. The van der Waals surface area contributed by atoms with Crippen LogP contribution in [0.25, 0.3) is 11.0 Å². The van der Waals surface area contributed by atoms with E-state index in [-0.39, 0.29) is 17.6 Å². The molecule has 0 spiro atoms. The molecule has 1 aliphatic rings. The van der Waals surface area contributed by atoms with E-state index in [2.05, 4.69) is 10.3 Å². The van der Waals surface area contributed by atoms with E-state index in [1.807, 2.05) is 43.3 Å². The number of hydrogen-bond donors (Lipinski definition) is 1. The van der Waals surface area contributed by atoms with Crippen molar-refractivity contribution in [2.45, 2.75) is 25.9 Å². The Morgan fingerprint density at radius 1 is 1.19 bits per heavy atom. The molecule has 4 rings (SSSR count). The molecule has 3 aromatic rings. The Morgan fingerprint density at radius 3 is 2.81 bits per heavy atom. The summed E-state index contributed by atoms with van der Waals surface area (Å²) in [5.41, 5.74) is 1.63. The zero-order valence-electron chi connectivity index (χ0n) is 17.7. The van der Waals surface area contributed by atoms with E-state index in [9.17, 15) is 4.79 Å². The predicted octanol–water partition coefficient (Wildman–Crippen LogP) is 3.98. The molecule has 0 aliphatic carbocycles. The number of nitrogens with zero attached hydrogens (tertiary/aromatic N) is 1. The number of hydrogen-bond acceptors (Lipinski definition) is 6. The molecule has 2 heterocycles. The van der Waals surface area contributed by atoms with Crippen LogP contribution in [0.1, 0.15) is 30.1 Å². The van der Waals surface area contributed by atoms with E-state index in [4.69, 9.17) is 18.6 Å². The highest BCUT2D eigenvalue weighted by Crippen LogP contribution is 2.28. The number of para-hydroxylation sites is 3. The number of carbonyl (C=O) groups is 1. The Kier molecular flexibility index (Phi) is 6.52. The molecule has 31 heavy (non-hydrogen) atoms. The van der Waals surface area contributed by atoms with E-state index >= 15 is 0 Å². The van der Waals surface area contributed by atoms with Crippen LogP contribution in [0.3, 0.4) is 0 Å². The minimum Gasteiger partial charge on any atom is -0.493 e.